The number of hydrogen-bond donors (Lipinski definition) is 2. The second-order valence-corrected chi connectivity index (χ2v) is 6.76. The maximum absolute atomic E-state index is 9.88. The Morgan fingerprint density at radius 1 is 0.909 bits per heavy atom. The van der Waals surface area contributed by atoms with Gasteiger partial charge in [0.1, 0.15) is 11.5 Å². The molecule has 1 heterocycles. The lowest BCUT2D eigenvalue weighted by atomic mass is 9.85. The Balaban J connectivity index is 1.84. The van der Waals surface area contributed by atoms with Gasteiger partial charge in [0.05, 0.1) is 0 Å². The Morgan fingerprint density at radius 3 is 2.41 bits per heavy atom. The van der Waals surface area contributed by atoms with Crippen molar-refractivity contribution in [1.29, 1.82) is 0 Å². The molecule has 1 aliphatic rings. The van der Waals surface area contributed by atoms with Gasteiger partial charge in [-0.05, 0) is 64.7 Å². The van der Waals surface area contributed by atoms with E-state index in [4.69, 9.17) is 0 Å². The molecule has 3 aromatic rings. The summed E-state index contributed by atoms with van der Waals surface area (Å²) in [6.07, 6.45) is 0.961. The van der Waals surface area contributed by atoms with Crippen molar-refractivity contribution in [3.63, 3.8) is 0 Å². The van der Waals surface area contributed by atoms with E-state index in [9.17, 15) is 10.2 Å². The highest BCUT2D eigenvalue weighted by Gasteiger charge is 2.35. The van der Waals surface area contributed by atoms with E-state index >= 15 is 0 Å². The Labute approximate surface area is 133 Å². The molecule has 1 aliphatic carbocycles. The second kappa shape index (κ2) is 5.18. The van der Waals surface area contributed by atoms with Crippen molar-refractivity contribution in [2.45, 2.75) is 18.3 Å². The van der Waals surface area contributed by atoms with Crippen LogP contribution in [0.4, 0.5) is 0 Å². The van der Waals surface area contributed by atoms with Crippen molar-refractivity contribution in [3.05, 3.63) is 81.5 Å². The van der Waals surface area contributed by atoms with Crippen LogP contribution in [0.15, 0.2) is 60.0 Å². The summed E-state index contributed by atoms with van der Waals surface area (Å²) >= 11 is 1.76. The third-order valence-electron chi connectivity index (χ3n) is 4.48. The van der Waals surface area contributed by atoms with Gasteiger partial charge in [-0.1, -0.05) is 24.3 Å². The molecule has 0 saturated heterocycles. The maximum Gasteiger partial charge on any atom is 0.115 e. The smallest absolute Gasteiger partial charge is 0.115 e. The largest absolute Gasteiger partial charge is 0.508 e. The van der Waals surface area contributed by atoms with Crippen LogP contribution in [0.5, 0.6) is 11.5 Å². The van der Waals surface area contributed by atoms with E-state index in [0.29, 0.717) is 17.4 Å². The predicted molar refractivity (Wildman–Crippen MR) is 88.8 cm³/mol. The lowest BCUT2D eigenvalue weighted by molar-refractivity contribution is 0.474. The molecule has 4 rings (SSSR count). The number of rotatable bonds is 2. The van der Waals surface area contributed by atoms with Crippen molar-refractivity contribution >= 4 is 11.3 Å². The van der Waals surface area contributed by atoms with Gasteiger partial charge < -0.3 is 10.2 Å². The van der Waals surface area contributed by atoms with Crippen molar-refractivity contribution in [2.24, 2.45) is 0 Å². The zero-order chi connectivity index (χ0) is 15.1. The summed E-state index contributed by atoms with van der Waals surface area (Å²) in [5.74, 6) is 1.24. The van der Waals surface area contributed by atoms with Crippen molar-refractivity contribution < 1.29 is 10.2 Å². The van der Waals surface area contributed by atoms with E-state index in [1.165, 1.54) is 21.6 Å². The van der Waals surface area contributed by atoms with Gasteiger partial charge in [-0.3, -0.25) is 0 Å². The minimum Gasteiger partial charge on any atom is -0.508 e. The summed E-state index contributed by atoms with van der Waals surface area (Å²) in [5, 5.41) is 21.5. The Morgan fingerprint density at radius 2 is 1.68 bits per heavy atom. The van der Waals surface area contributed by atoms with E-state index < -0.39 is 0 Å². The first kappa shape index (κ1) is 13.4. The molecule has 2 unspecified atom stereocenters. The Kier molecular flexibility index (Phi) is 3.16. The fraction of sp³-hybridized carbons (Fsp3) is 0.158. The average molecular weight is 308 g/mol. The monoisotopic (exact) mass is 308 g/mol. The van der Waals surface area contributed by atoms with E-state index in [2.05, 4.69) is 17.5 Å². The van der Waals surface area contributed by atoms with Crippen LogP contribution in [-0.2, 0) is 6.42 Å². The first-order valence-corrected chi connectivity index (χ1v) is 8.24. The zero-order valence-electron chi connectivity index (χ0n) is 11.9. The first-order valence-electron chi connectivity index (χ1n) is 7.36. The van der Waals surface area contributed by atoms with Gasteiger partial charge in [0.15, 0.2) is 0 Å². The predicted octanol–water partition coefficient (Wildman–Crippen LogP) is 4.63. The summed E-state index contributed by atoms with van der Waals surface area (Å²) in [6, 6.07) is 17.5. The third kappa shape index (κ3) is 2.18. The Hall–Kier alpha value is -2.26. The normalized spacial score (nSPS) is 20.0. The lowest BCUT2D eigenvalue weighted by Gasteiger charge is -2.20. The van der Waals surface area contributed by atoms with Crippen LogP contribution >= 0.6 is 11.3 Å². The van der Waals surface area contributed by atoms with Gasteiger partial charge >= 0.3 is 0 Å². The van der Waals surface area contributed by atoms with Gasteiger partial charge in [-0.25, -0.2) is 0 Å². The molecule has 0 radical (unpaired) electrons. The third-order valence-corrected chi connectivity index (χ3v) is 5.43. The number of phenolic OH excluding ortho intramolecular Hbond substituents is 2. The molecule has 3 heteroatoms. The molecular weight excluding hydrogens is 292 g/mol. The number of fused-ring (bicyclic) bond motifs is 1. The molecular formula is C19H16O2S. The van der Waals surface area contributed by atoms with Crippen LogP contribution in [0.3, 0.4) is 0 Å². The fourth-order valence-corrected chi connectivity index (χ4v) is 4.39. The minimum absolute atomic E-state index is 0.270. The van der Waals surface area contributed by atoms with Crippen molar-refractivity contribution in [1.82, 2.24) is 0 Å². The summed E-state index contributed by atoms with van der Waals surface area (Å²) in [7, 11) is 0. The molecule has 0 spiro atoms. The topological polar surface area (TPSA) is 40.5 Å². The molecule has 22 heavy (non-hydrogen) atoms. The highest BCUT2D eigenvalue weighted by atomic mass is 32.1. The van der Waals surface area contributed by atoms with Crippen LogP contribution in [-0.4, -0.2) is 10.2 Å². The Bertz CT molecular complexity index is 791. The molecule has 2 aromatic carbocycles. The van der Waals surface area contributed by atoms with E-state index in [-0.39, 0.29) is 5.92 Å². The number of hydrogen-bond acceptors (Lipinski definition) is 3. The molecule has 0 aliphatic heterocycles. The molecule has 0 bridgehead atoms. The minimum atomic E-state index is 0.270. The number of phenols is 2. The van der Waals surface area contributed by atoms with Gasteiger partial charge in [-0.15, -0.1) is 11.3 Å². The summed E-state index contributed by atoms with van der Waals surface area (Å²) in [4.78, 5) is 1.32. The number of benzene rings is 2. The van der Waals surface area contributed by atoms with Crippen LogP contribution in [0.1, 0.15) is 33.4 Å². The van der Waals surface area contributed by atoms with Crippen LogP contribution in [0.25, 0.3) is 0 Å². The van der Waals surface area contributed by atoms with Gasteiger partial charge in [0, 0.05) is 10.8 Å². The quantitative estimate of drug-likeness (QED) is 0.724. The number of aromatic hydroxyl groups is 2. The van der Waals surface area contributed by atoms with Crippen LogP contribution in [0, 0.1) is 0 Å². The van der Waals surface area contributed by atoms with E-state index in [1.807, 2.05) is 24.3 Å². The molecule has 110 valence electrons. The van der Waals surface area contributed by atoms with Crippen LogP contribution in [0.2, 0.25) is 0 Å². The van der Waals surface area contributed by atoms with E-state index in [0.717, 1.165) is 6.42 Å². The van der Waals surface area contributed by atoms with Crippen molar-refractivity contribution in [2.75, 3.05) is 0 Å². The summed E-state index contributed by atoms with van der Waals surface area (Å²) in [6.45, 7) is 0. The highest BCUT2D eigenvalue weighted by molar-refractivity contribution is 7.10. The maximum atomic E-state index is 9.88. The SMILES string of the molecule is Oc1ccc(C2Cc3ccc(O)cc3C2c2cccs2)cc1. The zero-order valence-corrected chi connectivity index (χ0v) is 12.8. The molecule has 0 saturated carbocycles. The highest BCUT2D eigenvalue weighted by Crippen LogP contribution is 2.49. The van der Waals surface area contributed by atoms with E-state index in [1.54, 1.807) is 29.5 Å². The van der Waals surface area contributed by atoms with Gasteiger partial charge in [0.25, 0.3) is 0 Å². The number of thiophene rings is 1. The van der Waals surface area contributed by atoms with Gasteiger partial charge in [-0.2, -0.15) is 0 Å². The molecule has 2 N–H and O–H groups in total. The van der Waals surface area contributed by atoms with Crippen molar-refractivity contribution in [3.8, 4) is 11.5 Å². The molecule has 2 nitrogen and oxygen atoms in total. The van der Waals surface area contributed by atoms with Gasteiger partial charge in [0.2, 0.25) is 0 Å². The standard InChI is InChI=1S/C19H16O2S/c20-14-6-3-12(4-7-14)16-10-13-5-8-15(21)11-17(13)19(16)18-2-1-9-22-18/h1-9,11,16,19-21H,10H2. The first-order chi connectivity index (χ1) is 10.7. The summed E-state index contributed by atoms with van der Waals surface area (Å²) < 4.78 is 0. The average Bonchev–Trinajstić information content (AvgIpc) is 3.14. The second-order valence-electron chi connectivity index (χ2n) is 5.78. The summed E-state index contributed by atoms with van der Waals surface area (Å²) in [5.41, 5.74) is 3.75. The molecule has 0 amide bonds. The van der Waals surface area contributed by atoms with Crippen LogP contribution < -0.4 is 0 Å². The molecule has 0 fully saturated rings. The molecule has 2 atom stereocenters. The fourth-order valence-electron chi connectivity index (χ4n) is 3.48. The lowest BCUT2D eigenvalue weighted by Crippen LogP contribution is -2.06. The molecule has 1 aromatic heterocycles.